The van der Waals surface area contributed by atoms with E-state index in [1.54, 1.807) is 25.1 Å². The summed E-state index contributed by atoms with van der Waals surface area (Å²) in [5.41, 5.74) is 11.1. The summed E-state index contributed by atoms with van der Waals surface area (Å²) in [5.74, 6) is -0.415. The van der Waals surface area contributed by atoms with Crippen LogP contribution in [0.4, 0.5) is 16.2 Å². The average molecular weight is 279 g/mol. The van der Waals surface area contributed by atoms with Crippen LogP contribution in [0.2, 0.25) is 0 Å². The normalized spacial score (nSPS) is 21.8. The molecule has 5 N–H and O–H groups in total. The Labute approximate surface area is 116 Å². The van der Waals surface area contributed by atoms with Gasteiger partial charge in [-0.2, -0.15) is 0 Å². The van der Waals surface area contributed by atoms with Crippen molar-refractivity contribution in [3.63, 3.8) is 0 Å². The molecule has 1 saturated heterocycles. The summed E-state index contributed by atoms with van der Waals surface area (Å²) in [6, 6.07) is 4.81. The van der Waals surface area contributed by atoms with Crippen molar-refractivity contribution in [2.45, 2.75) is 25.5 Å². The lowest BCUT2D eigenvalue weighted by Gasteiger charge is -2.33. The predicted molar refractivity (Wildman–Crippen MR) is 73.1 cm³/mol. The summed E-state index contributed by atoms with van der Waals surface area (Å²) in [7, 11) is 0. The number of carbonyl (C=O) groups excluding carboxylic acids is 1. The highest BCUT2D eigenvalue weighted by Crippen LogP contribution is 2.33. The predicted octanol–water partition coefficient (Wildman–Crippen LogP) is 1.50. The molecule has 0 spiro atoms. The van der Waals surface area contributed by atoms with E-state index in [4.69, 9.17) is 21.3 Å². The van der Waals surface area contributed by atoms with E-state index in [1.165, 1.54) is 4.90 Å². The molecular weight excluding hydrogens is 262 g/mol. The summed E-state index contributed by atoms with van der Waals surface area (Å²) < 4.78 is 4.87. The van der Waals surface area contributed by atoms with E-state index in [0.29, 0.717) is 19.4 Å². The van der Waals surface area contributed by atoms with E-state index >= 15 is 0 Å². The zero-order chi connectivity index (χ0) is 14.9. The molecule has 0 radical (unpaired) electrons. The molecule has 0 aromatic heterocycles. The first-order chi connectivity index (χ1) is 9.35. The van der Waals surface area contributed by atoms with Crippen LogP contribution < -0.4 is 11.5 Å². The van der Waals surface area contributed by atoms with E-state index in [1.807, 2.05) is 0 Å². The van der Waals surface area contributed by atoms with Crippen molar-refractivity contribution in [1.29, 1.82) is 0 Å². The summed E-state index contributed by atoms with van der Waals surface area (Å²) in [6.07, 6.45) is -0.318. The molecule has 7 heteroatoms. The van der Waals surface area contributed by atoms with Gasteiger partial charge in [0, 0.05) is 24.3 Å². The molecule has 1 heterocycles. The zero-order valence-electron chi connectivity index (χ0n) is 11.1. The van der Waals surface area contributed by atoms with Crippen LogP contribution in [0.5, 0.6) is 0 Å². The average Bonchev–Trinajstić information content (AvgIpc) is 2.69. The molecule has 1 aliphatic heterocycles. The molecular formula is C13H17N3O4. The second-order valence-corrected chi connectivity index (χ2v) is 4.91. The molecule has 2 rings (SSSR count). The smallest absolute Gasteiger partial charge is 0.450 e. The molecule has 20 heavy (non-hydrogen) atoms. The Morgan fingerprint density at radius 2 is 1.95 bits per heavy atom. The maximum Gasteiger partial charge on any atom is 0.507 e. The highest BCUT2D eigenvalue weighted by atomic mass is 16.7. The lowest BCUT2D eigenvalue weighted by atomic mass is 10.1. The number of nitrogens with zero attached hydrogens (tertiary/aromatic N) is 1. The Morgan fingerprint density at radius 1 is 1.35 bits per heavy atom. The van der Waals surface area contributed by atoms with Gasteiger partial charge in [-0.25, -0.2) is 4.79 Å². The Morgan fingerprint density at radius 3 is 2.50 bits per heavy atom. The highest BCUT2D eigenvalue weighted by Gasteiger charge is 2.44. The molecule has 1 aliphatic rings. The van der Waals surface area contributed by atoms with Gasteiger partial charge in [-0.3, -0.25) is 4.79 Å². The fraction of sp³-hybridized carbons (Fsp3) is 0.385. The van der Waals surface area contributed by atoms with Gasteiger partial charge >= 0.3 is 6.16 Å². The quantitative estimate of drug-likeness (QED) is 0.557. The third kappa shape index (κ3) is 2.34. The molecule has 0 aliphatic carbocycles. The number of hydrogen-bond acceptors (Lipinski definition) is 5. The maximum absolute atomic E-state index is 12.6. The van der Waals surface area contributed by atoms with Crippen molar-refractivity contribution >= 4 is 23.4 Å². The lowest BCUT2D eigenvalue weighted by Crippen LogP contribution is -2.48. The number of likely N-dealkylation sites (tertiary alicyclic amines) is 1. The van der Waals surface area contributed by atoms with Crippen LogP contribution in [0, 0.1) is 0 Å². The molecule has 1 aromatic carbocycles. The SMILES string of the molecule is C[C@@]1(OC(=O)O)CCCN1C(=O)c1c(N)cccc1N. The number of nitrogen functional groups attached to an aromatic ring is 2. The van der Waals surface area contributed by atoms with Crippen molar-refractivity contribution in [2.75, 3.05) is 18.0 Å². The number of carboxylic acid groups (broad SMARTS) is 1. The minimum Gasteiger partial charge on any atom is -0.450 e. The fourth-order valence-corrected chi connectivity index (χ4v) is 2.52. The minimum absolute atomic E-state index is 0.189. The second-order valence-electron chi connectivity index (χ2n) is 4.91. The van der Waals surface area contributed by atoms with Gasteiger partial charge in [0.2, 0.25) is 0 Å². The van der Waals surface area contributed by atoms with E-state index < -0.39 is 17.8 Å². The third-order valence-electron chi connectivity index (χ3n) is 3.49. The van der Waals surface area contributed by atoms with Crippen LogP contribution in [-0.4, -0.2) is 34.3 Å². The molecule has 0 bridgehead atoms. The minimum atomic E-state index is -1.42. The fourth-order valence-electron chi connectivity index (χ4n) is 2.52. The van der Waals surface area contributed by atoms with Gasteiger partial charge in [0.25, 0.3) is 5.91 Å². The molecule has 108 valence electrons. The number of rotatable bonds is 2. The summed E-state index contributed by atoms with van der Waals surface area (Å²) in [4.78, 5) is 24.7. The van der Waals surface area contributed by atoms with Gasteiger partial charge in [-0.1, -0.05) is 6.07 Å². The number of ether oxygens (including phenoxy) is 1. The monoisotopic (exact) mass is 279 g/mol. The number of hydrogen-bond donors (Lipinski definition) is 3. The molecule has 1 fully saturated rings. The van der Waals surface area contributed by atoms with Crippen LogP contribution in [0.15, 0.2) is 18.2 Å². The Kier molecular flexibility index (Phi) is 3.44. The van der Waals surface area contributed by atoms with Crippen molar-refractivity contribution in [3.8, 4) is 0 Å². The van der Waals surface area contributed by atoms with Crippen molar-refractivity contribution < 1.29 is 19.4 Å². The first-order valence-corrected chi connectivity index (χ1v) is 6.23. The first-order valence-electron chi connectivity index (χ1n) is 6.23. The van der Waals surface area contributed by atoms with E-state index in [-0.39, 0.29) is 16.9 Å². The third-order valence-corrected chi connectivity index (χ3v) is 3.49. The van der Waals surface area contributed by atoms with Crippen LogP contribution in [0.3, 0.4) is 0 Å². The Balaban J connectivity index is 2.35. The highest BCUT2D eigenvalue weighted by molar-refractivity contribution is 6.04. The molecule has 1 aromatic rings. The van der Waals surface area contributed by atoms with E-state index in [0.717, 1.165) is 0 Å². The topological polar surface area (TPSA) is 119 Å². The van der Waals surface area contributed by atoms with Gasteiger partial charge in [-0.15, -0.1) is 0 Å². The number of anilines is 2. The standard InChI is InChI=1S/C13H17N3O4/c1-13(20-12(18)19)6-3-7-16(13)11(17)10-8(14)4-2-5-9(10)15/h2,4-5H,3,6-7,14-15H2,1H3,(H,18,19)/t13-/m1/s1. The number of amides is 1. The number of benzene rings is 1. The van der Waals surface area contributed by atoms with Crippen LogP contribution in [-0.2, 0) is 4.74 Å². The molecule has 1 atom stereocenters. The summed E-state index contributed by atoms with van der Waals surface area (Å²) in [6.45, 7) is 1.97. The Hall–Kier alpha value is -2.44. The van der Waals surface area contributed by atoms with Gasteiger partial charge in [0.1, 0.15) is 0 Å². The van der Waals surface area contributed by atoms with Gasteiger partial charge in [0.15, 0.2) is 5.72 Å². The van der Waals surface area contributed by atoms with Crippen LogP contribution >= 0.6 is 0 Å². The first kappa shape index (κ1) is 14.0. The summed E-state index contributed by atoms with van der Waals surface area (Å²) in [5, 5.41) is 8.81. The largest absolute Gasteiger partial charge is 0.507 e. The van der Waals surface area contributed by atoms with E-state index in [2.05, 4.69) is 0 Å². The van der Waals surface area contributed by atoms with Crippen molar-refractivity contribution in [3.05, 3.63) is 23.8 Å². The maximum atomic E-state index is 12.6. The molecule has 1 amide bonds. The lowest BCUT2D eigenvalue weighted by molar-refractivity contribution is -0.0755. The van der Waals surface area contributed by atoms with Gasteiger partial charge in [0.05, 0.1) is 5.56 Å². The van der Waals surface area contributed by atoms with Crippen LogP contribution in [0.1, 0.15) is 30.1 Å². The zero-order valence-corrected chi connectivity index (χ0v) is 11.1. The van der Waals surface area contributed by atoms with Crippen molar-refractivity contribution in [2.24, 2.45) is 0 Å². The van der Waals surface area contributed by atoms with Crippen LogP contribution in [0.25, 0.3) is 0 Å². The van der Waals surface area contributed by atoms with E-state index in [9.17, 15) is 9.59 Å². The van der Waals surface area contributed by atoms with Gasteiger partial charge in [-0.05, 0) is 25.5 Å². The molecule has 0 saturated carbocycles. The number of nitrogens with two attached hydrogens (primary N) is 2. The molecule has 7 nitrogen and oxygen atoms in total. The summed E-state index contributed by atoms with van der Waals surface area (Å²) >= 11 is 0. The number of carbonyl (C=O) groups is 2. The molecule has 0 unspecified atom stereocenters. The van der Waals surface area contributed by atoms with Gasteiger partial charge < -0.3 is 26.2 Å². The van der Waals surface area contributed by atoms with Crippen molar-refractivity contribution in [1.82, 2.24) is 4.90 Å². The second kappa shape index (κ2) is 4.92. The Bertz CT molecular complexity index is 540.